The lowest BCUT2D eigenvalue weighted by atomic mass is 10.0. The Kier molecular flexibility index (Phi) is 18.3. The Hall–Kier alpha value is -1.72. The molecular formula is C30H47BrN2O2. The fourth-order valence-electron chi connectivity index (χ4n) is 4.45. The summed E-state index contributed by atoms with van der Waals surface area (Å²) < 4.78 is 2.27. The number of hydrogen-bond donors (Lipinski definition) is 2. The zero-order valence-corrected chi connectivity index (χ0v) is 23.3. The molecule has 196 valence electrons. The SMILES string of the molecule is C[C@H](NC(=O)CCCCCCCCCCCCCCC[n+]1ccccc1)[C@@H](O)c1ccccc1.[Br-]. The van der Waals surface area contributed by atoms with Crippen molar-refractivity contribution in [1.82, 2.24) is 5.32 Å². The summed E-state index contributed by atoms with van der Waals surface area (Å²) in [7, 11) is 0. The maximum atomic E-state index is 12.1. The Morgan fingerprint density at radius 1 is 0.743 bits per heavy atom. The highest BCUT2D eigenvalue weighted by atomic mass is 79.9. The number of nitrogens with one attached hydrogen (secondary N) is 1. The van der Waals surface area contributed by atoms with Crippen molar-refractivity contribution >= 4 is 5.91 Å². The van der Waals surface area contributed by atoms with Gasteiger partial charge in [-0.3, -0.25) is 4.79 Å². The first-order valence-electron chi connectivity index (χ1n) is 13.6. The third-order valence-electron chi connectivity index (χ3n) is 6.60. The summed E-state index contributed by atoms with van der Waals surface area (Å²) in [5.41, 5.74) is 0.841. The van der Waals surface area contributed by atoms with E-state index in [0.29, 0.717) is 6.42 Å². The van der Waals surface area contributed by atoms with Gasteiger partial charge >= 0.3 is 0 Å². The number of carbonyl (C=O) groups is 1. The van der Waals surface area contributed by atoms with E-state index in [1.807, 2.05) is 37.3 Å². The van der Waals surface area contributed by atoms with E-state index < -0.39 is 6.10 Å². The molecule has 0 fully saturated rings. The smallest absolute Gasteiger partial charge is 0.220 e. The number of hydrogen-bond acceptors (Lipinski definition) is 2. The van der Waals surface area contributed by atoms with E-state index in [9.17, 15) is 9.90 Å². The van der Waals surface area contributed by atoms with Crippen LogP contribution in [0.5, 0.6) is 0 Å². The predicted molar refractivity (Wildman–Crippen MR) is 140 cm³/mol. The molecular weight excluding hydrogens is 500 g/mol. The summed E-state index contributed by atoms with van der Waals surface area (Å²) in [4.78, 5) is 12.1. The normalized spacial score (nSPS) is 12.5. The van der Waals surface area contributed by atoms with Crippen LogP contribution in [-0.2, 0) is 11.3 Å². The second-order valence-corrected chi connectivity index (χ2v) is 9.67. The zero-order valence-electron chi connectivity index (χ0n) is 21.7. The number of benzene rings is 1. The van der Waals surface area contributed by atoms with E-state index in [4.69, 9.17) is 0 Å². The Balaban J connectivity index is 0.00000612. The van der Waals surface area contributed by atoms with Crippen LogP contribution in [-0.4, -0.2) is 17.1 Å². The molecule has 5 heteroatoms. The molecule has 1 aromatic heterocycles. The maximum Gasteiger partial charge on any atom is 0.220 e. The number of aryl methyl sites for hydroxylation is 1. The summed E-state index contributed by atoms with van der Waals surface area (Å²) in [6, 6.07) is 15.5. The first-order chi connectivity index (χ1) is 16.7. The lowest BCUT2D eigenvalue weighted by Gasteiger charge is -2.20. The minimum absolute atomic E-state index is 0. The van der Waals surface area contributed by atoms with E-state index in [2.05, 4.69) is 40.5 Å². The van der Waals surface area contributed by atoms with Crippen molar-refractivity contribution in [3.8, 4) is 0 Å². The molecule has 4 nitrogen and oxygen atoms in total. The zero-order chi connectivity index (χ0) is 24.3. The number of aromatic nitrogens is 1. The standard InChI is InChI=1S/C30H46N2O2.BrH/c1-27(30(34)28-21-15-13-16-22-28)31-29(33)23-17-11-9-7-5-3-2-4-6-8-10-12-18-24-32-25-19-14-20-26-32;/h13-16,19-22,25-27,30,34H,2-12,17-18,23-24H2,1H3;1H/t27-,30+;/m0./s1. The fourth-order valence-corrected chi connectivity index (χ4v) is 4.45. The quantitative estimate of drug-likeness (QED) is 0.208. The van der Waals surface area contributed by atoms with Gasteiger partial charge in [-0.2, -0.15) is 0 Å². The van der Waals surface area contributed by atoms with Crippen molar-refractivity contribution in [3.63, 3.8) is 0 Å². The van der Waals surface area contributed by atoms with E-state index in [1.165, 1.54) is 70.6 Å². The van der Waals surface area contributed by atoms with Crippen LogP contribution in [0, 0.1) is 0 Å². The highest BCUT2D eigenvalue weighted by molar-refractivity contribution is 5.76. The van der Waals surface area contributed by atoms with E-state index in [1.54, 1.807) is 0 Å². The third kappa shape index (κ3) is 15.1. The minimum atomic E-state index is -0.663. The summed E-state index contributed by atoms with van der Waals surface area (Å²) in [5.74, 6) is 0.0429. The van der Waals surface area contributed by atoms with E-state index in [0.717, 1.165) is 24.9 Å². The van der Waals surface area contributed by atoms with Crippen LogP contribution in [0.3, 0.4) is 0 Å². The van der Waals surface area contributed by atoms with Crippen molar-refractivity contribution in [2.75, 3.05) is 0 Å². The van der Waals surface area contributed by atoms with Crippen molar-refractivity contribution in [2.24, 2.45) is 0 Å². The van der Waals surface area contributed by atoms with E-state index >= 15 is 0 Å². The van der Waals surface area contributed by atoms with Gasteiger partial charge in [0.1, 0.15) is 6.54 Å². The first kappa shape index (κ1) is 31.3. The van der Waals surface area contributed by atoms with Crippen LogP contribution in [0.15, 0.2) is 60.9 Å². The number of rotatable bonds is 19. The molecule has 0 spiro atoms. The van der Waals surface area contributed by atoms with Crippen molar-refractivity contribution in [1.29, 1.82) is 0 Å². The van der Waals surface area contributed by atoms with Gasteiger partial charge < -0.3 is 27.4 Å². The number of amides is 1. The molecule has 2 aromatic rings. The number of halogens is 1. The summed E-state index contributed by atoms with van der Waals surface area (Å²) in [6.07, 6.45) is 20.9. The number of nitrogens with zero attached hydrogens (tertiary/aromatic N) is 1. The Morgan fingerprint density at radius 2 is 1.20 bits per heavy atom. The van der Waals surface area contributed by atoms with Crippen LogP contribution in [0.4, 0.5) is 0 Å². The van der Waals surface area contributed by atoms with Crippen LogP contribution < -0.4 is 26.9 Å². The molecule has 1 heterocycles. The molecule has 0 saturated heterocycles. The minimum Gasteiger partial charge on any atom is -1.00 e. The molecule has 0 radical (unpaired) electrons. The highest BCUT2D eigenvalue weighted by Gasteiger charge is 2.17. The molecule has 0 aliphatic rings. The Morgan fingerprint density at radius 3 is 1.74 bits per heavy atom. The molecule has 35 heavy (non-hydrogen) atoms. The van der Waals surface area contributed by atoms with Crippen molar-refractivity contribution in [2.45, 2.75) is 116 Å². The molecule has 2 atom stereocenters. The Labute approximate surface area is 224 Å². The number of aliphatic hydroxyl groups is 1. The molecule has 2 rings (SSSR count). The van der Waals surface area contributed by atoms with Gasteiger partial charge in [0.05, 0.1) is 12.1 Å². The van der Waals surface area contributed by atoms with Gasteiger partial charge in [-0.25, -0.2) is 4.57 Å². The lowest BCUT2D eigenvalue weighted by molar-refractivity contribution is -0.697. The summed E-state index contributed by atoms with van der Waals surface area (Å²) in [5, 5.41) is 13.3. The third-order valence-corrected chi connectivity index (χ3v) is 6.60. The summed E-state index contributed by atoms with van der Waals surface area (Å²) in [6.45, 7) is 3.00. The van der Waals surface area contributed by atoms with Crippen LogP contribution in [0.1, 0.15) is 108 Å². The first-order valence-corrected chi connectivity index (χ1v) is 13.6. The fraction of sp³-hybridized carbons (Fsp3) is 0.600. The molecule has 2 N–H and O–H groups in total. The van der Waals surface area contributed by atoms with Crippen LogP contribution in [0.2, 0.25) is 0 Å². The number of aliphatic hydroxyl groups excluding tert-OH is 1. The number of carbonyl (C=O) groups excluding carboxylic acids is 1. The largest absolute Gasteiger partial charge is 1.00 e. The average Bonchev–Trinajstić information content (AvgIpc) is 2.87. The van der Waals surface area contributed by atoms with Crippen LogP contribution >= 0.6 is 0 Å². The van der Waals surface area contributed by atoms with Gasteiger partial charge in [0.15, 0.2) is 12.4 Å². The van der Waals surface area contributed by atoms with Crippen LogP contribution in [0.25, 0.3) is 0 Å². The molecule has 1 aromatic carbocycles. The topological polar surface area (TPSA) is 53.2 Å². The van der Waals surface area contributed by atoms with Gasteiger partial charge in [-0.1, -0.05) is 101 Å². The second kappa shape index (κ2) is 20.5. The summed E-state index contributed by atoms with van der Waals surface area (Å²) >= 11 is 0. The average molecular weight is 548 g/mol. The lowest BCUT2D eigenvalue weighted by Crippen LogP contribution is -3.00. The van der Waals surface area contributed by atoms with Gasteiger partial charge in [0, 0.05) is 25.0 Å². The molecule has 0 saturated carbocycles. The molecule has 0 unspecified atom stereocenters. The van der Waals surface area contributed by atoms with Gasteiger partial charge in [-0.15, -0.1) is 0 Å². The Bertz CT molecular complexity index is 757. The maximum absolute atomic E-state index is 12.1. The van der Waals surface area contributed by atoms with Crippen molar-refractivity contribution in [3.05, 3.63) is 66.5 Å². The van der Waals surface area contributed by atoms with Gasteiger partial charge in [0.25, 0.3) is 0 Å². The second-order valence-electron chi connectivity index (χ2n) is 9.67. The molecule has 0 aliphatic carbocycles. The molecule has 0 bridgehead atoms. The number of unbranched alkanes of at least 4 members (excludes halogenated alkanes) is 12. The number of pyridine rings is 1. The molecule has 1 amide bonds. The van der Waals surface area contributed by atoms with Gasteiger partial charge in [0.2, 0.25) is 5.91 Å². The molecule has 0 aliphatic heterocycles. The van der Waals surface area contributed by atoms with E-state index in [-0.39, 0.29) is 28.9 Å². The highest BCUT2D eigenvalue weighted by Crippen LogP contribution is 2.17. The van der Waals surface area contributed by atoms with Crippen molar-refractivity contribution < 1.29 is 31.4 Å². The monoisotopic (exact) mass is 546 g/mol. The van der Waals surface area contributed by atoms with Gasteiger partial charge in [-0.05, 0) is 25.3 Å². The predicted octanol–water partition coefficient (Wildman–Crippen LogP) is 3.68.